The molecule has 0 heterocycles. The van der Waals surface area contributed by atoms with E-state index in [0.717, 1.165) is 11.1 Å². The fourth-order valence-electron chi connectivity index (χ4n) is 4.22. The molecule has 6 heteroatoms. The van der Waals surface area contributed by atoms with Gasteiger partial charge in [0.05, 0.1) is 34.2 Å². The normalized spacial score (nSPS) is 12.8. The van der Waals surface area contributed by atoms with Crippen LogP contribution in [-0.4, -0.2) is 22.8 Å². The van der Waals surface area contributed by atoms with Crippen LogP contribution in [0, 0.1) is 10.4 Å². The van der Waals surface area contributed by atoms with Crippen LogP contribution in [0.2, 0.25) is 0 Å². The number of benzene rings is 5. The third-order valence-electron chi connectivity index (χ3n) is 6.15. The Morgan fingerprint density at radius 1 is 0.325 bits per heavy atom. The maximum Gasteiger partial charge on any atom is 0.0963 e. The zero-order valence-corrected chi connectivity index (χ0v) is 21.5. The third kappa shape index (κ3) is 6.09. The van der Waals surface area contributed by atoms with E-state index >= 15 is 0 Å². The molecule has 6 nitrogen and oxygen atoms in total. The van der Waals surface area contributed by atoms with Gasteiger partial charge in [0, 0.05) is 22.3 Å². The highest BCUT2D eigenvalue weighted by molar-refractivity contribution is 6.54. The lowest BCUT2D eigenvalue weighted by Crippen LogP contribution is -2.17. The lowest BCUT2D eigenvalue weighted by Gasteiger charge is -2.14. The van der Waals surface area contributed by atoms with E-state index in [1.165, 1.54) is 0 Å². The molecule has 5 rings (SSSR count). The molecular weight excluding hydrogens is 496 g/mol. The summed E-state index contributed by atoms with van der Waals surface area (Å²) in [5.41, 5.74) is 5.58. The number of rotatable bonds is 8. The Hall–Kier alpha value is -5.62. The monoisotopic (exact) mass is 520 g/mol. The van der Waals surface area contributed by atoms with Crippen LogP contribution in [0.4, 0.5) is 11.4 Å². The van der Waals surface area contributed by atoms with E-state index in [1.54, 1.807) is 0 Å². The van der Waals surface area contributed by atoms with Crippen molar-refractivity contribution in [2.75, 3.05) is 0 Å². The quantitative estimate of drug-likeness (QED) is 0.154. The molecule has 0 saturated heterocycles. The van der Waals surface area contributed by atoms with Gasteiger partial charge in [0.2, 0.25) is 0 Å². The molecule has 194 valence electrons. The second-order valence-corrected chi connectivity index (χ2v) is 8.78. The van der Waals surface area contributed by atoms with Gasteiger partial charge in [-0.25, -0.2) is 9.98 Å². The van der Waals surface area contributed by atoms with Crippen molar-refractivity contribution in [2.24, 2.45) is 20.3 Å². The van der Waals surface area contributed by atoms with Crippen LogP contribution < -0.4 is 0 Å². The minimum absolute atomic E-state index is 0.249. The van der Waals surface area contributed by atoms with Gasteiger partial charge in [-0.2, -0.15) is 0 Å². The molecule has 0 amide bonds. The molecule has 0 atom stereocenters. The van der Waals surface area contributed by atoms with Crippen LogP contribution in [0.5, 0.6) is 0 Å². The first kappa shape index (κ1) is 26.0. The summed E-state index contributed by atoms with van der Waals surface area (Å²) in [6.07, 6.45) is 0. The molecule has 0 aromatic heterocycles. The summed E-state index contributed by atoms with van der Waals surface area (Å²) in [5.74, 6) is 0. The number of nitrogens with zero attached hydrogens (tertiary/aromatic N) is 4. The molecule has 0 fully saturated rings. The van der Waals surface area contributed by atoms with Gasteiger partial charge in [-0.15, -0.1) is 0 Å². The third-order valence-corrected chi connectivity index (χ3v) is 6.15. The standard InChI is InChI=1S/C34H26N4O2/c39-37-33(27-17-9-3-10-18-27)31(25-13-5-1-6-14-25)35-29-21-23-30(24-22-29)36-32(26-15-7-2-8-16-26)34(38-40)28-19-11-4-12-20-28/h1-24,39-40H/p-2/b35-31?,36-32?,37-33+,38-34+. The van der Waals surface area contributed by atoms with Gasteiger partial charge < -0.3 is 20.7 Å². The van der Waals surface area contributed by atoms with Gasteiger partial charge >= 0.3 is 0 Å². The lowest BCUT2D eigenvalue weighted by atomic mass is 9.99. The Labute approximate surface area is 232 Å². The minimum Gasteiger partial charge on any atom is -0.791 e. The number of hydrogen-bond donors (Lipinski definition) is 0. The summed E-state index contributed by atoms with van der Waals surface area (Å²) < 4.78 is 0. The summed E-state index contributed by atoms with van der Waals surface area (Å²) in [5, 5.41) is 30.7. The van der Waals surface area contributed by atoms with Crippen molar-refractivity contribution in [1.29, 1.82) is 0 Å². The molecule has 0 radical (unpaired) electrons. The molecule has 0 aliphatic rings. The SMILES string of the molecule is [O-]/N=C(/C(=Nc1ccc(N=C(/C(=N/[O-])c2ccccc2)c2ccccc2)cc1)c1ccccc1)c1ccccc1. The average molecular weight is 521 g/mol. The van der Waals surface area contributed by atoms with Crippen LogP contribution in [0.15, 0.2) is 166 Å². The van der Waals surface area contributed by atoms with Crippen molar-refractivity contribution in [1.82, 2.24) is 0 Å². The summed E-state index contributed by atoms with van der Waals surface area (Å²) in [7, 11) is 0. The number of aliphatic imine (C=N–C) groups is 2. The van der Waals surface area contributed by atoms with E-state index in [2.05, 4.69) is 10.3 Å². The van der Waals surface area contributed by atoms with Crippen molar-refractivity contribution in [3.63, 3.8) is 0 Å². The fraction of sp³-hybridized carbons (Fsp3) is 0. The maximum atomic E-state index is 12.0. The molecule has 0 aliphatic heterocycles. The van der Waals surface area contributed by atoms with Crippen LogP contribution in [0.25, 0.3) is 0 Å². The minimum atomic E-state index is 0.249. The van der Waals surface area contributed by atoms with Gasteiger partial charge in [0.15, 0.2) is 0 Å². The zero-order valence-electron chi connectivity index (χ0n) is 21.5. The Bertz CT molecular complexity index is 1530. The lowest BCUT2D eigenvalue weighted by molar-refractivity contribution is 1.45. The highest BCUT2D eigenvalue weighted by Gasteiger charge is 2.15. The molecule has 5 aromatic carbocycles. The van der Waals surface area contributed by atoms with Crippen molar-refractivity contribution >= 4 is 34.2 Å². The van der Waals surface area contributed by atoms with Crippen LogP contribution in [0.3, 0.4) is 0 Å². The predicted molar refractivity (Wildman–Crippen MR) is 164 cm³/mol. The maximum absolute atomic E-state index is 12.0. The fourth-order valence-corrected chi connectivity index (χ4v) is 4.22. The Kier molecular flexibility index (Phi) is 8.29. The first-order valence-corrected chi connectivity index (χ1v) is 12.7. The van der Waals surface area contributed by atoms with Crippen molar-refractivity contribution < 1.29 is 0 Å². The first-order valence-electron chi connectivity index (χ1n) is 12.7. The Morgan fingerprint density at radius 2 is 0.575 bits per heavy atom. The van der Waals surface area contributed by atoms with Crippen LogP contribution in [0.1, 0.15) is 22.3 Å². The molecular formula is C34H24N4O2-2. The second-order valence-electron chi connectivity index (χ2n) is 8.78. The molecule has 40 heavy (non-hydrogen) atoms. The number of hydrogen-bond acceptors (Lipinski definition) is 6. The summed E-state index contributed by atoms with van der Waals surface area (Å²) in [4.78, 5) is 9.63. The first-order chi connectivity index (χ1) is 19.8. The molecule has 0 aliphatic carbocycles. The van der Waals surface area contributed by atoms with Gasteiger partial charge in [0.1, 0.15) is 0 Å². The van der Waals surface area contributed by atoms with E-state index in [-0.39, 0.29) is 11.4 Å². The smallest absolute Gasteiger partial charge is 0.0963 e. The van der Waals surface area contributed by atoms with Gasteiger partial charge in [-0.05, 0) is 24.3 Å². The highest BCUT2D eigenvalue weighted by atomic mass is 16.4. The predicted octanol–water partition coefficient (Wildman–Crippen LogP) is 7.90. The molecule has 0 bridgehead atoms. The zero-order chi connectivity index (χ0) is 27.6. The van der Waals surface area contributed by atoms with Gasteiger partial charge in [0.25, 0.3) is 0 Å². The van der Waals surface area contributed by atoms with Gasteiger partial charge in [-0.1, -0.05) is 121 Å². The summed E-state index contributed by atoms with van der Waals surface area (Å²) in [6, 6.07) is 44.7. The molecule has 5 aromatic rings. The van der Waals surface area contributed by atoms with Crippen molar-refractivity contribution in [2.45, 2.75) is 0 Å². The Morgan fingerprint density at radius 3 is 0.825 bits per heavy atom. The average Bonchev–Trinajstić information content (AvgIpc) is 3.03. The Balaban J connectivity index is 1.55. The van der Waals surface area contributed by atoms with Gasteiger partial charge in [-0.3, -0.25) is 0 Å². The second kappa shape index (κ2) is 12.8. The van der Waals surface area contributed by atoms with E-state index in [1.807, 2.05) is 146 Å². The molecule has 0 spiro atoms. The molecule has 0 unspecified atom stereocenters. The largest absolute Gasteiger partial charge is 0.791 e. The summed E-state index contributed by atoms with van der Waals surface area (Å²) in [6.45, 7) is 0. The van der Waals surface area contributed by atoms with Crippen LogP contribution in [-0.2, 0) is 0 Å². The molecule has 0 N–H and O–H groups in total. The van der Waals surface area contributed by atoms with Crippen LogP contribution >= 0.6 is 0 Å². The highest BCUT2D eigenvalue weighted by Crippen LogP contribution is 2.23. The van der Waals surface area contributed by atoms with E-state index in [9.17, 15) is 10.4 Å². The van der Waals surface area contributed by atoms with Crippen molar-refractivity contribution in [3.05, 3.63) is 178 Å². The van der Waals surface area contributed by atoms with E-state index < -0.39 is 0 Å². The van der Waals surface area contributed by atoms with E-state index in [0.29, 0.717) is 33.9 Å². The summed E-state index contributed by atoms with van der Waals surface area (Å²) >= 11 is 0. The topological polar surface area (TPSA) is 95.6 Å². The van der Waals surface area contributed by atoms with Crippen molar-refractivity contribution in [3.8, 4) is 0 Å². The van der Waals surface area contributed by atoms with E-state index in [4.69, 9.17) is 9.98 Å². The molecule has 0 saturated carbocycles.